The Kier molecular flexibility index (Phi) is 6.50. The lowest BCUT2D eigenvalue weighted by atomic mass is 10.1. The molecule has 33 heavy (non-hydrogen) atoms. The molecule has 4 heterocycles. The minimum Gasteiger partial charge on any atom is -0.473 e. The normalized spacial score (nSPS) is 21.4. The van der Waals surface area contributed by atoms with Crippen LogP contribution >= 0.6 is 11.6 Å². The van der Waals surface area contributed by atoms with Crippen LogP contribution in [0.15, 0.2) is 35.3 Å². The number of aromatic nitrogens is 2. The third-order valence-corrected chi connectivity index (χ3v) is 6.32. The molecule has 2 aromatic heterocycles. The minimum absolute atomic E-state index is 0.0132. The summed E-state index contributed by atoms with van der Waals surface area (Å²) in [4.78, 5) is 14.7. The Hall–Kier alpha value is -2.65. The van der Waals surface area contributed by atoms with Crippen LogP contribution in [0.2, 0.25) is 5.02 Å². The first-order chi connectivity index (χ1) is 16.2. The second-order valence-electron chi connectivity index (χ2n) is 8.23. The van der Waals surface area contributed by atoms with Crippen LogP contribution in [0, 0.1) is 0 Å². The summed E-state index contributed by atoms with van der Waals surface area (Å²) in [5.74, 6) is 0.575. The predicted octanol–water partition coefficient (Wildman–Crippen LogP) is 3.30. The summed E-state index contributed by atoms with van der Waals surface area (Å²) in [6, 6.07) is 10.2. The third kappa shape index (κ3) is 4.56. The summed E-state index contributed by atoms with van der Waals surface area (Å²) >= 11 is 6.64. The van der Waals surface area contributed by atoms with Gasteiger partial charge in [-0.3, -0.25) is 4.99 Å². The molecule has 2 saturated heterocycles. The van der Waals surface area contributed by atoms with Crippen LogP contribution in [-0.2, 0) is 9.47 Å². The molecule has 1 aromatic carbocycles. The van der Waals surface area contributed by atoms with Crippen LogP contribution < -0.4 is 9.64 Å². The first-order valence-electron chi connectivity index (χ1n) is 11.1. The zero-order valence-electron chi connectivity index (χ0n) is 18.5. The fourth-order valence-electron chi connectivity index (χ4n) is 4.33. The molecule has 0 saturated carbocycles. The molecular formula is C24H27ClN4O4. The average molecular weight is 471 g/mol. The van der Waals surface area contributed by atoms with Crippen molar-refractivity contribution in [1.82, 2.24) is 9.97 Å². The number of nitrogens with zero attached hydrogens (tertiary/aromatic N) is 3. The largest absolute Gasteiger partial charge is 0.473 e. The van der Waals surface area contributed by atoms with Gasteiger partial charge in [-0.15, -0.1) is 0 Å². The Morgan fingerprint density at radius 1 is 1.30 bits per heavy atom. The lowest BCUT2D eigenvalue weighted by Crippen LogP contribution is -2.36. The van der Waals surface area contributed by atoms with E-state index >= 15 is 0 Å². The standard InChI is InChI=1S/C24H27ClN4O4/c1-26-12-19-23-21(27-24(19)33-18-10-17(13-30)32-14-18)11-20(25)22(28-23)15-2-4-16(5-3-15)29-6-8-31-9-7-29/h2-5,11-12,17-18,27,30H,6-10,13-14H2,1H3/t17-,18-/m0/s1. The van der Waals surface area contributed by atoms with Crippen molar-refractivity contribution in [2.24, 2.45) is 4.99 Å². The van der Waals surface area contributed by atoms with Gasteiger partial charge < -0.3 is 29.2 Å². The van der Waals surface area contributed by atoms with E-state index in [0.29, 0.717) is 29.6 Å². The van der Waals surface area contributed by atoms with Crippen molar-refractivity contribution in [3.63, 3.8) is 0 Å². The maximum absolute atomic E-state index is 9.32. The van der Waals surface area contributed by atoms with Gasteiger partial charge in [0, 0.05) is 44.0 Å². The van der Waals surface area contributed by atoms with Crippen molar-refractivity contribution < 1.29 is 19.3 Å². The van der Waals surface area contributed by atoms with Crippen molar-refractivity contribution in [2.45, 2.75) is 18.6 Å². The molecule has 8 nitrogen and oxygen atoms in total. The van der Waals surface area contributed by atoms with Crippen molar-refractivity contribution in [1.29, 1.82) is 0 Å². The number of ether oxygens (including phenoxy) is 3. The Morgan fingerprint density at radius 2 is 2.09 bits per heavy atom. The summed E-state index contributed by atoms with van der Waals surface area (Å²) in [5, 5.41) is 9.88. The van der Waals surface area contributed by atoms with Crippen molar-refractivity contribution >= 4 is 34.5 Å². The van der Waals surface area contributed by atoms with Crippen LogP contribution in [-0.4, -0.2) is 80.1 Å². The second kappa shape index (κ2) is 9.69. The van der Waals surface area contributed by atoms with Crippen LogP contribution in [0.25, 0.3) is 22.3 Å². The van der Waals surface area contributed by atoms with E-state index in [-0.39, 0.29) is 18.8 Å². The highest BCUT2D eigenvalue weighted by atomic mass is 35.5. The highest BCUT2D eigenvalue weighted by Crippen LogP contribution is 2.35. The van der Waals surface area contributed by atoms with Crippen molar-refractivity contribution in [2.75, 3.05) is 51.5 Å². The van der Waals surface area contributed by atoms with Gasteiger partial charge in [-0.1, -0.05) is 23.7 Å². The van der Waals surface area contributed by atoms with Gasteiger partial charge in [0.1, 0.15) is 11.6 Å². The van der Waals surface area contributed by atoms with Crippen LogP contribution in [0.3, 0.4) is 0 Å². The average Bonchev–Trinajstić information content (AvgIpc) is 3.44. The van der Waals surface area contributed by atoms with Gasteiger partial charge in [-0.05, 0) is 18.2 Å². The van der Waals surface area contributed by atoms with E-state index in [1.54, 1.807) is 13.3 Å². The topological polar surface area (TPSA) is 92.2 Å². The van der Waals surface area contributed by atoms with E-state index in [0.717, 1.165) is 54.2 Å². The number of hydrogen-bond donors (Lipinski definition) is 2. The van der Waals surface area contributed by atoms with Gasteiger partial charge in [-0.2, -0.15) is 0 Å². The van der Waals surface area contributed by atoms with Gasteiger partial charge in [0.05, 0.1) is 54.3 Å². The highest BCUT2D eigenvalue weighted by Gasteiger charge is 2.28. The van der Waals surface area contributed by atoms with E-state index in [1.807, 2.05) is 18.2 Å². The number of anilines is 1. The molecule has 2 atom stereocenters. The van der Waals surface area contributed by atoms with Gasteiger partial charge in [0.2, 0.25) is 5.88 Å². The van der Waals surface area contributed by atoms with Crippen LogP contribution in [0.1, 0.15) is 12.0 Å². The molecule has 0 unspecified atom stereocenters. The maximum Gasteiger partial charge on any atom is 0.202 e. The SMILES string of the molecule is CN=Cc1c(O[C@@H]2CO[C@H](CO)C2)[nH]c2cc(Cl)c(-c3ccc(N4CCOCC4)cc3)nc12. The molecular weight excluding hydrogens is 444 g/mol. The summed E-state index contributed by atoms with van der Waals surface area (Å²) in [6.45, 7) is 3.69. The number of halogens is 1. The Labute approximate surface area is 197 Å². The summed E-state index contributed by atoms with van der Waals surface area (Å²) < 4.78 is 17.1. The van der Waals surface area contributed by atoms with Crippen molar-refractivity contribution in [3.05, 3.63) is 40.9 Å². The lowest BCUT2D eigenvalue weighted by molar-refractivity contribution is 0.0531. The zero-order valence-corrected chi connectivity index (χ0v) is 19.2. The number of aromatic amines is 1. The number of benzene rings is 1. The van der Waals surface area contributed by atoms with Gasteiger partial charge in [0.15, 0.2) is 0 Å². The summed E-state index contributed by atoms with van der Waals surface area (Å²) in [7, 11) is 1.71. The van der Waals surface area contributed by atoms with Gasteiger partial charge >= 0.3 is 0 Å². The van der Waals surface area contributed by atoms with E-state index in [9.17, 15) is 5.11 Å². The van der Waals surface area contributed by atoms with Crippen LogP contribution in [0.4, 0.5) is 5.69 Å². The number of hydrogen-bond acceptors (Lipinski definition) is 7. The second-order valence-corrected chi connectivity index (χ2v) is 8.64. The summed E-state index contributed by atoms with van der Waals surface area (Å²) in [5.41, 5.74) is 5.09. The molecule has 2 aliphatic rings. The number of pyridine rings is 1. The number of H-pyrrole nitrogens is 1. The smallest absolute Gasteiger partial charge is 0.202 e. The molecule has 2 aliphatic heterocycles. The molecule has 2 fully saturated rings. The number of aliphatic hydroxyl groups excluding tert-OH is 1. The monoisotopic (exact) mass is 470 g/mol. The summed E-state index contributed by atoms with van der Waals surface area (Å²) in [6.07, 6.45) is 2.02. The molecule has 0 radical (unpaired) electrons. The molecule has 0 bridgehead atoms. The quantitative estimate of drug-likeness (QED) is 0.537. The molecule has 9 heteroatoms. The van der Waals surface area contributed by atoms with E-state index in [2.05, 4.69) is 27.0 Å². The fraction of sp³-hybridized carbons (Fsp3) is 0.417. The van der Waals surface area contributed by atoms with Crippen LogP contribution in [0.5, 0.6) is 5.88 Å². The number of morpholine rings is 1. The van der Waals surface area contributed by atoms with Gasteiger partial charge in [-0.25, -0.2) is 4.98 Å². The first kappa shape index (κ1) is 22.2. The molecule has 2 N–H and O–H groups in total. The Bertz CT molecular complexity index is 1140. The highest BCUT2D eigenvalue weighted by molar-refractivity contribution is 6.33. The lowest BCUT2D eigenvalue weighted by Gasteiger charge is -2.28. The maximum atomic E-state index is 9.32. The molecule has 5 rings (SSSR count). The Morgan fingerprint density at radius 3 is 2.79 bits per heavy atom. The first-order valence-corrected chi connectivity index (χ1v) is 11.5. The zero-order chi connectivity index (χ0) is 22.8. The van der Waals surface area contributed by atoms with E-state index in [1.165, 1.54) is 0 Å². The predicted molar refractivity (Wildman–Crippen MR) is 129 cm³/mol. The van der Waals surface area contributed by atoms with Crippen molar-refractivity contribution in [3.8, 4) is 17.1 Å². The molecule has 0 amide bonds. The fourth-order valence-corrected chi connectivity index (χ4v) is 4.59. The Balaban J connectivity index is 1.46. The minimum atomic E-state index is -0.192. The molecule has 3 aromatic rings. The number of aliphatic hydroxyl groups is 1. The number of aliphatic imine (C=N–C) groups is 1. The number of nitrogens with one attached hydrogen (secondary N) is 1. The number of fused-ring (bicyclic) bond motifs is 1. The third-order valence-electron chi connectivity index (χ3n) is 6.03. The van der Waals surface area contributed by atoms with E-state index in [4.69, 9.17) is 30.8 Å². The molecule has 0 aliphatic carbocycles. The molecule has 174 valence electrons. The van der Waals surface area contributed by atoms with E-state index < -0.39 is 0 Å². The molecule has 0 spiro atoms. The number of rotatable bonds is 6. The van der Waals surface area contributed by atoms with Gasteiger partial charge in [0.25, 0.3) is 0 Å².